The van der Waals surface area contributed by atoms with Crippen molar-refractivity contribution in [3.8, 4) is 0 Å². The fourth-order valence-corrected chi connectivity index (χ4v) is 2.27. The maximum Gasteiger partial charge on any atom is 0.303 e. The zero-order valence-electron chi connectivity index (χ0n) is 14.0. The normalized spacial score (nSPS) is 11.7. The zero-order valence-corrected chi connectivity index (χ0v) is 14.0. The van der Waals surface area contributed by atoms with Gasteiger partial charge >= 0.3 is 5.97 Å². The monoisotopic (exact) mass is 310 g/mol. The van der Waals surface area contributed by atoms with Gasteiger partial charge in [-0.15, -0.1) is 0 Å². The van der Waals surface area contributed by atoms with E-state index in [2.05, 4.69) is 24.3 Å². The summed E-state index contributed by atoms with van der Waals surface area (Å²) in [4.78, 5) is 10.3. The lowest BCUT2D eigenvalue weighted by Gasteiger charge is -1.98. The Hall–Kier alpha value is -1.09. The van der Waals surface area contributed by atoms with Gasteiger partial charge in [0.2, 0.25) is 0 Å². The molecular weight excluding hydrogens is 276 g/mol. The summed E-state index contributed by atoms with van der Waals surface area (Å²) in [6.45, 7) is 0.311. The Labute approximate surface area is 136 Å². The first-order valence-electron chi connectivity index (χ1n) is 8.90. The molecule has 2 N–H and O–H groups in total. The third-order valence-corrected chi connectivity index (χ3v) is 3.62. The number of allylic oxidation sites excluding steroid dienone is 4. The number of hydrogen-bond acceptors (Lipinski definition) is 2. The van der Waals surface area contributed by atoms with Crippen molar-refractivity contribution < 1.29 is 15.0 Å². The van der Waals surface area contributed by atoms with Crippen molar-refractivity contribution in [2.24, 2.45) is 0 Å². The molecule has 3 nitrogen and oxygen atoms in total. The van der Waals surface area contributed by atoms with Crippen molar-refractivity contribution in [3.05, 3.63) is 24.3 Å². The topological polar surface area (TPSA) is 57.5 Å². The summed E-state index contributed by atoms with van der Waals surface area (Å²) >= 11 is 0. The van der Waals surface area contributed by atoms with Crippen LogP contribution in [0.25, 0.3) is 0 Å². The molecule has 0 aromatic rings. The molecule has 0 aromatic carbocycles. The molecule has 0 saturated carbocycles. The van der Waals surface area contributed by atoms with E-state index in [1.54, 1.807) is 0 Å². The van der Waals surface area contributed by atoms with Gasteiger partial charge < -0.3 is 10.2 Å². The van der Waals surface area contributed by atoms with Gasteiger partial charge in [-0.3, -0.25) is 4.79 Å². The van der Waals surface area contributed by atoms with E-state index in [0.29, 0.717) is 6.61 Å². The molecule has 22 heavy (non-hydrogen) atoms. The van der Waals surface area contributed by atoms with Crippen molar-refractivity contribution in [1.82, 2.24) is 0 Å². The number of aliphatic carboxylic acids is 1. The highest BCUT2D eigenvalue weighted by molar-refractivity contribution is 5.66. The van der Waals surface area contributed by atoms with Gasteiger partial charge in [0, 0.05) is 13.0 Å². The first-order valence-corrected chi connectivity index (χ1v) is 8.90. The highest BCUT2D eigenvalue weighted by Crippen LogP contribution is 2.09. The molecule has 0 fully saturated rings. The summed E-state index contributed by atoms with van der Waals surface area (Å²) in [5.41, 5.74) is 0. The lowest BCUT2D eigenvalue weighted by molar-refractivity contribution is -0.137. The van der Waals surface area contributed by atoms with E-state index in [1.165, 1.54) is 38.5 Å². The molecular formula is C19H34O3. The van der Waals surface area contributed by atoms with Gasteiger partial charge in [0.25, 0.3) is 0 Å². The highest BCUT2D eigenvalue weighted by Gasteiger charge is 1.93. The van der Waals surface area contributed by atoms with E-state index in [9.17, 15) is 4.79 Å². The van der Waals surface area contributed by atoms with Crippen LogP contribution in [0.2, 0.25) is 0 Å². The van der Waals surface area contributed by atoms with Gasteiger partial charge in [-0.05, 0) is 57.8 Å². The van der Waals surface area contributed by atoms with Crippen molar-refractivity contribution >= 4 is 5.97 Å². The minimum atomic E-state index is -0.701. The number of carboxylic acids is 1. The molecule has 0 bridgehead atoms. The van der Waals surface area contributed by atoms with Crippen LogP contribution in [-0.2, 0) is 4.79 Å². The molecule has 0 aliphatic carbocycles. The Bertz CT molecular complexity index is 295. The average molecular weight is 310 g/mol. The molecule has 3 heteroatoms. The third-order valence-electron chi connectivity index (χ3n) is 3.62. The van der Waals surface area contributed by atoms with Gasteiger partial charge in [0.1, 0.15) is 0 Å². The lowest BCUT2D eigenvalue weighted by atomic mass is 10.1. The number of aliphatic hydroxyl groups excluding tert-OH is 1. The molecule has 0 amide bonds. The number of carboxylic acid groups (broad SMARTS) is 1. The Kier molecular flexibility index (Phi) is 17.1. The maximum absolute atomic E-state index is 10.3. The number of aliphatic hydroxyl groups is 1. The van der Waals surface area contributed by atoms with E-state index in [0.717, 1.165) is 38.5 Å². The van der Waals surface area contributed by atoms with Gasteiger partial charge in [-0.1, -0.05) is 43.6 Å². The minimum absolute atomic E-state index is 0.278. The molecule has 0 aliphatic rings. The molecule has 0 radical (unpaired) electrons. The predicted molar refractivity (Wildman–Crippen MR) is 93.0 cm³/mol. The molecule has 128 valence electrons. The molecule has 0 rings (SSSR count). The van der Waals surface area contributed by atoms with Gasteiger partial charge in [0.15, 0.2) is 0 Å². The van der Waals surface area contributed by atoms with Crippen LogP contribution >= 0.6 is 0 Å². The number of carbonyl (C=O) groups is 1. The average Bonchev–Trinajstić information content (AvgIpc) is 2.50. The molecule has 0 aliphatic heterocycles. The number of rotatable bonds is 16. The van der Waals surface area contributed by atoms with E-state index >= 15 is 0 Å². The van der Waals surface area contributed by atoms with E-state index in [-0.39, 0.29) is 6.42 Å². The van der Waals surface area contributed by atoms with Crippen LogP contribution in [-0.4, -0.2) is 22.8 Å². The Morgan fingerprint density at radius 2 is 1.05 bits per heavy atom. The molecule has 0 heterocycles. The Balaban J connectivity index is 3.13. The van der Waals surface area contributed by atoms with Crippen LogP contribution in [0.3, 0.4) is 0 Å². The summed E-state index contributed by atoms with van der Waals surface area (Å²) in [6, 6.07) is 0. The number of unbranched alkanes of at least 4 members (excludes halogenated alkanes) is 9. The summed E-state index contributed by atoms with van der Waals surface area (Å²) in [5, 5.41) is 17.2. The fraction of sp³-hybridized carbons (Fsp3) is 0.737. The van der Waals surface area contributed by atoms with Crippen LogP contribution in [0.1, 0.15) is 83.5 Å². The number of hydrogen-bond donors (Lipinski definition) is 2. The van der Waals surface area contributed by atoms with Crippen molar-refractivity contribution in [2.45, 2.75) is 83.5 Å². The fourth-order valence-electron chi connectivity index (χ4n) is 2.27. The van der Waals surface area contributed by atoms with Crippen molar-refractivity contribution in [2.75, 3.05) is 6.61 Å². The van der Waals surface area contributed by atoms with E-state index in [1.807, 2.05) is 0 Å². The van der Waals surface area contributed by atoms with Crippen LogP contribution in [0.5, 0.6) is 0 Å². The van der Waals surface area contributed by atoms with Gasteiger partial charge in [0.05, 0.1) is 0 Å². The van der Waals surface area contributed by atoms with Crippen LogP contribution < -0.4 is 0 Å². The second-order valence-corrected chi connectivity index (χ2v) is 5.79. The van der Waals surface area contributed by atoms with Crippen LogP contribution in [0, 0.1) is 0 Å². The SMILES string of the molecule is O=C(O)CCCC=CCCCCCCCC=CCCCCO. The molecule has 0 aromatic heterocycles. The smallest absolute Gasteiger partial charge is 0.303 e. The summed E-state index contributed by atoms with van der Waals surface area (Å²) in [7, 11) is 0. The minimum Gasteiger partial charge on any atom is -0.481 e. The largest absolute Gasteiger partial charge is 0.481 e. The van der Waals surface area contributed by atoms with Crippen molar-refractivity contribution in [3.63, 3.8) is 0 Å². The second kappa shape index (κ2) is 18.0. The van der Waals surface area contributed by atoms with Crippen LogP contribution in [0.15, 0.2) is 24.3 Å². The second-order valence-electron chi connectivity index (χ2n) is 5.79. The Morgan fingerprint density at radius 1 is 0.636 bits per heavy atom. The third kappa shape index (κ3) is 18.9. The van der Waals surface area contributed by atoms with Gasteiger partial charge in [-0.2, -0.15) is 0 Å². The summed E-state index contributed by atoms with van der Waals surface area (Å²) in [5.74, 6) is -0.701. The summed E-state index contributed by atoms with van der Waals surface area (Å²) in [6.07, 6.45) is 22.6. The first-order chi connectivity index (χ1) is 10.8. The van der Waals surface area contributed by atoms with Crippen LogP contribution in [0.4, 0.5) is 0 Å². The Morgan fingerprint density at radius 3 is 1.50 bits per heavy atom. The standard InChI is InChI=1S/C19H34O3/c20-18-16-14-12-10-8-6-4-2-1-3-5-7-9-11-13-15-17-19(21)22/h8-11,20H,1-7,12-18H2,(H,21,22). The van der Waals surface area contributed by atoms with Crippen molar-refractivity contribution in [1.29, 1.82) is 0 Å². The molecule has 0 atom stereocenters. The quantitative estimate of drug-likeness (QED) is 0.302. The maximum atomic E-state index is 10.3. The van der Waals surface area contributed by atoms with Gasteiger partial charge in [-0.25, -0.2) is 0 Å². The highest BCUT2D eigenvalue weighted by atomic mass is 16.4. The first kappa shape index (κ1) is 20.9. The molecule has 0 unspecified atom stereocenters. The summed E-state index contributed by atoms with van der Waals surface area (Å²) < 4.78 is 0. The van der Waals surface area contributed by atoms with E-state index in [4.69, 9.17) is 10.2 Å². The molecule has 0 saturated heterocycles. The molecule has 0 spiro atoms. The van der Waals surface area contributed by atoms with E-state index < -0.39 is 5.97 Å². The lowest BCUT2D eigenvalue weighted by Crippen LogP contribution is -1.92. The predicted octanol–water partition coefficient (Wildman–Crippen LogP) is 5.25. The zero-order chi connectivity index (χ0) is 16.3.